The van der Waals surface area contributed by atoms with E-state index in [4.69, 9.17) is 0 Å². The van der Waals surface area contributed by atoms with Crippen molar-refractivity contribution in [3.05, 3.63) is 154 Å². The van der Waals surface area contributed by atoms with Crippen molar-refractivity contribution in [3.63, 3.8) is 0 Å². The van der Waals surface area contributed by atoms with Gasteiger partial charge in [0.1, 0.15) is 5.75 Å². The van der Waals surface area contributed by atoms with E-state index >= 15 is 4.79 Å². The Morgan fingerprint density at radius 1 is 0.906 bits per heavy atom. The number of hydrazine groups is 1. The van der Waals surface area contributed by atoms with Gasteiger partial charge in [-0.3, -0.25) is 39.6 Å². The molecule has 0 unspecified atom stereocenters. The molecule has 6 atom stereocenters. The van der Waals surface area contributed by atoms with Crippen molar-refractivity contribution in [1.82, 2.24) is 5.01 Å². The number of nitrogens with one attached hydrogen (secondary N) is 1. The number of aromatic hydroxyl groups is 1. The number of anilines is 2. The number of carbonyl (C=O) groups excluding carboxylic acids is 4. The molecule has 0 spiro atoms. The largest absolute Gasteiger partial charge is 0.507 e. The van der Waals surface area contributed by atoms with Crippen LogP contribution in [0.25, 0.3) is 0 Å². The fourth-order valence-corrected chi connectivity index (χ4v) is 9.23. The first-order valence-electron chi connectivity index (χ1n) is 17.6. The molecule has 2 N–H and O–H groups in total. The molecule has 3 fully saturated rings. The van der Waals surface area contributed by atoms with Gasteiger partial charge in [-0.2, -0.15) is 5.01 Å². The zero-order valence-corrected chi connectivity index (χ0v) is 28.8. The Balaban J connectivity index is 1.31. The second kappa shape index (κ2) is 12.7. The number of hydrogen-bond donors (Lipinski definition) is 2. The third-order valence-corrected chi connectivity index (χ3v) is 11.5. The van der Waals surface area contributed by atoms with Crippen LogP contribution in [0.1, 0.15) is 41.0 Å². The molecule has 8 rings (SSSR count). The van der Waals surface area contributed by atoms with Gasteiger partial charge in [-0.15, -0.1) is 6.58 Å². The third-order valence-electron chi connectivity index (χ3n) is 11.5. The predicted molar refractivity (Wildman–Crippen MR) is 196 cm³/mol. The Kier molecular flexibility index (Phi) is 8.09. The van der Waals surface area contributed by atoms with Gasteiger partial charge in [-0.25, -0.2) is 0 Å². The number of para-hydroxylation sites is 1. The summed E-state index contributed by atoms with van der Waals surface area (Å²) < 4.78 is 0. The Morgan fingerprint density at radius 3 is 2.30 bits per heavy atom. The predicted octanol–water partition coefficient (Wildman–Crippen LogP) is 6.53. The molecular weight excluding hydrogens is 672 g/mol. The average molecular weight is 709 g/mol. The fourth-order valence-electron chi connectivity index (χ4n) is 9.23. The first-order chi connectivity index (χ1) is 25.6. The van der Waals surface area contributed by atoms with Crippen molar-refractivity contribution in [2.24, 2.45) is 23.7 Å². The molecule has 266 valence electrons. The van der Waals surface area contributed by atoms with Gasteiger partial charge in [0, 0.05) is 23.6 Å². The molecule has 0 radical (unpaired) electrons. The smallest absolute Gasteiger partial charge is 0.269 e. The number of aryl methyl sites for hydroxylation is 1. The number of phenols is 1. The number of rotatable bonds is 8. The highest BCUT2D eigenvalue weighted by molar-refractivity contribution is 6.22. The van der Waals surface area contributed by atoms with Gasteiger partial charge in [-0.05, 0) is 67.5 Å². The summed E-state index contributed by atoms with van der Waals surface area (Å²) >= 11 is 0. The van der Waals surface area contributed by atoms with Crippen LogP contribution in [0.4, 0.5) is 17.1 Å². The second-order valence-electron chi connectivity index (χ2n) is 14.2. The van der Waals surface area contributed by atoms with Crippen molar-refractivity contribution in [2.75, 3.05) is 10.3 Å². The number of allylic oxidation sites excluding steroid dienone is 3. The van der Waals surface area contributed by atoms with Crippen molar-refractivity contribution in [3.8, 4) is 5.75 Å². The lowest BCUT2D eigenvalue weighted by atomic mass is 9.49. The van der Waals surface area contributed by atoms with Crippen molar-refractivity contribution < 1.29 is 29.2 Å². The van der Waals surface area contributed by atoms with Gasteiger partial charge >= 0.3 is 0 Å². The summed E-state index contributed by atoms with van der Waals surface area (Å²) in [6, 6.07) is 27.1. The summed E-state index contributed by atoms with van der Waals surface area (Å²) in [7, 11) is 0. The minimum Gasteiger partial charge on any atom is -0.507 e. The highest BCUT2D eigenvalue weighted by Gasteiger charge is 2.70. The average Bonchev–Trinajstić information content (AvgIpc) is 3.54. The number of nitro benzene ring substituents is 1. The molecule has 53 heavy (non-hydrogen) atoms. The van der Waals surface area contributed by atoms with E-state index in [-0.39, 0.29) is 30.0 Å². The van der Waals surface area contributed by atoms with Gasteiger partial charge in [0.2, 0.25) is 11.8 Å². The fraction of sp³-hybridized carbons (Fsp3) is 0.238. The minimum absolute atomic E-state index is 0.0262. The van der Waals surface area contributed by atoms with E-state index in [1.54, 1.807) is 30.3 Å². The minimum atomic E-state index is -1.53. The van der Waals surface area contributed by atoms with Crippen LogP contribution in [-0.2, 0) is 31.0 Å². The zero-order chi connectivity index (χ0) is 37.2. The van der Waals surface area contributed by atoms with Crippen LogP contribution in [0, 0.1) is 40.7 Å². The molecule has 2 saturated heterocycles. The number of imide groups is 2. The summed E-state index contributed by atoms with van der Waals surface area (Å²) in [5.41, 5.74) is 5.49. The summed E-state index contributed by atoms with van der Waals surface area (Å²) in [5, 5.41) is 24.4. The number of amides is 4. The van der Waals surface area contributed by atoms with Crippen molar-refractivity contribution >= 4 is 40.7 Å². The number of non-ortho nitro benzene ring substituents is 1. The molecule has 4 aliphatic rings. The molecule has 2 heterocycles. The van der Waals surface area contributed by atoms with Crippen LogP contribution in [0.15, 0.2) is 121 Å². The number of phenolic OH excluding ortho intramolecular Hbond substituents is 1. The van der Waals surface area contributed by atoms with E-state index in [0.29, 0.717) is 34.4 Å². The SMILES string of the molecule is C=CCc1cccc([C@H]2C3=CC[C@@H]4C(=O)N(c5ccc([N+](=O)[O-])cc5)C(=O)[C@@H]4[C@@H]3C[C@H]3C(=O)N(Nc4ccc(C)cc4)C(=O)[C@@]23c2ccccc2)c1O. The van der Waals surface area contributed by atoms with Crippen LogP contribution in [0.2, 0.25) is 0 Å². The van der Waals surface area contributed by atoms with Crippen molar-refractivity contribution in [1.29, 1.82) is 0 Å². The molecular formula is C42H36N4O7. The summed E-state index contributed by atoms with van der Waals surface area (Å²) in [4.78, 5) is 70.6. The standard InChI is InChI=1S/C42H36N4O7/c1-3-8-25-9-7-12-32(37(25)47)36-30-21-22-31-35(40(50)44(38(31)48)28-17-19-29(20-18-28)46(52)53)33(30)23-34-39(49)45(43-27-15-13-24(2)14-16-27)41(51)42(34,36)26-10-5-4-6-11-26/h3-7,9-21,31,33-36,43,47H,1,8,22-23H2,2H3/t31-,33+,34-,35-,36+,42+/m0/s1. The quantitative estimate of drug-likeness (QED) is 0.0909. The summed E-state index contributed by atoms with van der Waals surface area (Å²) in [5.74, 6) is -6.01. The van der Waals surface area contributed by atoms with Crippen molar-refractivity contribution in [2.45, 2.75) is 37.5 Å². The lowest BCUT2D eigenvalue weighted by Crippen LogP contribution is -2.53. The van der Waals surface area contributed by atoms with Crippen LogP contribution >= 0.6 is 0 Å². The van der Waals surface area contributed by atoms with E-state index in [2.05, 4.69) is 12.0 Å². The maximum Gasteiger partial charge on any atom is 0.269 e. The lowest BCUT2D eigenvalue weighted by molar-refractivity contribution is -0.384. The molecule has 1 saturated carbocycles. The third kappa shape index (κ3) is 5.02. The van der Waals surface area contributed by atoms with Crippen LogP contribution in [0.3, 0.4) is 0 Å². The van der Waals surface area contributed by atoms with Gasteiger partial charge in [-0.1, -0.05) is 84.0 Å². The molecule has 0 aromatic heterocycles. The molecule has 4 aromatic rings. The monoisotopic (exact) mass is 708 g/mol. The molecule has 4 amide bonds. The Morgan fingerprint density at radius 2 is 1.62 bits per heavy atom. The molecule has 0 bridgehead atoms. The maximum absolute atomic E-state index is 15.3. The Labute approximate surface area is 305 Å². The highest BCUT2D eigenvalue weighted by Crippen LogP contribution is 2.65. The molecule has 11 heteroatoms. The van der Waals surface area contributed by atoms with Gasteiger partial charge in [0.15, 0.2) is 0 Å². The molecule has 4 aromatic carbocycles. The van der Waals surface area contributed by atoms with Crippen LogP contribution < -0.4 is 10.3 Å². The summed E-state index contributed by atoms with van der Waals surface area (Å²) in [6.07, 6.45) is 4.24. The second-order valence-corrected chi connectivity index (χ2v) is 14.2. The molecule has 2 aliphatic carbocycles. The number of hydrogen-bond acceptors (Lipinski definition) is 8. The highest BCUT2D eigenvalue weighted by atomic mass is 16.6. The maximum atomic E-state index is 15.3. The molecule has 11 nitrogen and oxygen atoms in total. The van der Waals surface area contributed by atoms with Gasteiger partial charge in [0.05, 0.1) is 39.5 Å². The van der Waals surface area contributed by atoms with Gasteiger partial charge < -0.3 is 5.11 Å². The number of nitro groups is 1. The topological polar surface area (TPSA) is 150 Å². The lowest BCUT2D eigenvalue weighted by Gasteiger charge is -2.50. The Hall–Kier alpha value is -6.36. The zero-order valence-electron chi connectivity index (χ0n) is 28.8. The molecule has 2 aliphatic heterocycles. The number of benzene rings is 4. The van der Waals surface area contributed by atoms with Crippen LogP contribution in [0.5, 0.6) is 5.75 Å². The van der Waals surface area contributed by atoms with E-state index in [0.717, 1.165) is 15.5 Å². The van der Waals surface area contributed by atoms with E-state index in [1.165, 1.54) is 24.3 Å². The van der Waals surface area contributed by atoms with Gasteiger partial charge in [0.25, 0.3) is 17.5 Å². The Bertz CT molecular complexity index is 2230. The van der Waals surface area contributed by atoms with E-state index in [9.17, 15) is 29.6 Å². The first-order valence-corrected chi connectivity index (χ1v) is 17.6. The number of carbonyl (C=O) groups is 4. The number of nitrogens with zero attached hydrogens (tertiary/aromatic N) is 3. The van der Waals surface area contributed by atoms with E-state index in [1.807, 2.05) is 61.5 Å². The summed E-state index contributed by atoms with van der Waals surface area (Å²) in [6.45, 7) is 5.79. The normalized spacial score (nSPS) is 26.1. The first kappa shape index (κ1) is 33.8. The number of fused-ring (bicyclic) bond motifs is 4. The van der Waals surface area contributed by atoms with E-state index < -0.39 is 63.6 Å². The van der Waals surface area contributed by atoms with Crippen LogP contribution in [-0.4, -0.2) is 38.7 Å².